The molecule has 0 atom stereocenters. The summed E-state index contributed by atoms with van der Waals surface area (Å²) in [6, 6.07) is 11.3. The molecule has 6 heteroatoms. The maximum Gasteiger partial charge on any atom is 0.242 e. The van der Waals surface area contributed by atoms with Gasteiger partial charge in [-0.25, -0.2) is 0 Å². The molecule has 0 spiro atoms. The van der Waals surface area contributed by atoms with Gasteiger partial charge >= 0.3 is 0 Å². The number of fused-ring (bicyclic) bond motifs is 2. The highest BCUT2D eigenvalue weighted by atomic mass is 79.9. The number of aromatic nitrogens is 2. The summed E-state index contributed by atoms with van der Waals surface area (Å²) in [5.74, 6) is 2.68. The number of nitrogens with zero attached hydrogens (tertiary/aromatic N) is 2. The summed E-state index contributed by atoms with van der Waals surface area (Å²) >= 11 is 3.49. The van der Waals surface area contributed by atoms with Crippen molar-refractivity contribution in [3.63, 3.8) is 0 Å². The number of pyridine rings is 1. The Balaban J connectivity index is 1.74. The van der Waals surface area contributed by atoms with Crippen LogP contribution in [-0.4, -0.2) is 16.2 Å². The summed E-state index contributed by atoms with van der Waals surface area (Å²) in [5.41, 5.74) is 1.81. The zero-order valence-corrected chi connectivity index (χ0v) is 12.5. The highest BCUT2D eigenvalue weighted by molar-refractivity contribution is 9.08. The van der Waals surface area contributed by atoms with Gasteiger partial charge in [-0.1, -0.05) is 22.0 Å². The molecule has 1 aromatic carbocycles. The van der Waals surface area contributed by atoms with Crippen LogP contribution < -0.4 is 14.2 Å². The Morgan fingerprint density at radius 3 is 3.00 bits per heavy atom. The summed E-state index contributed by atoms with van der Waals surface area (Å²) in [4.78, 5) is 4.51. The minimum atomic E-state index is 0.250. The van der Waals surface area contributed by atoms with Gasteiger partial charge in [-0.2, -0.15) is 4.98 Å². The molecule has 2 aromatic heterocycles. The van der Waals surface area contributed by atoms with Crippen LogP contribution in [0.1, 0.15) is 5.69 Å². The van der Waals surface area contributed by atoms with Crippen molar-refractivity contribution in [1.82, 2.24) is 9.38 Å². The molecule has 1 aliphatic heterocycles. The third-order valence-corrected chi connectivity index (χ3v) is 3.81. The van der Waals surface area contributed by atoms with Crippen molar-refractivity contribution in [3.05, 3.63) is 48.3 Å². The predicted molar refractivity (Wildman–Crippen MR) is 80.5 cm³/mol. The lowest BCUT2D eigenvalue weighted by Gasteiger charge is -2.05. The molecule has 4 rings (SSSR count). The van der Waals surface area contributed by atoms with E-state index in [0.717, 1.165) is 17.1 Å². The van der Waals surface area contributed by atoms with E-state index in [1.807, 2.05) is 47.0 Å². The van der Waals surface area contributed by atoms with Crippen LogP contribution in [-0.2, 0) is 5.33 Å². The van der Waals surface area contributed by atoms with E-state index in [0.29, 0.717) is 22.7 Å². The third-order valence-electron chi connectivity index (χ3n) is 3.28. The maximum absolute atomic E-state index is 5.91. The van der Waals surface area contributed by atoms with Crippen molar-refractivity contribution in [2.75, 3.05) is 6.79 Å². The first-order chi connectivity index (χ1) is 10.3. The molecule has 1 aliphatic rings. The summed E-state index contributed by atoms with van der Waals surface area (Å²) in [6.07, 6.45) is 1.96. The van der Waals surface area contributed by atoms with E-state index in [2.05, 4.69) is 20.9 Å². The molecule has 0 aliphatic carbocycles. The number of benzene rings is 1. The van der Waals surface area contributed by atoms with Gasteiger partial charge in [0.05, 0.1) is 5.69 Å². The fourth-order valence-corrected chi connectivity index (χ4v) is 2.79. The van der Waals surface area contributed by atoms with E-state index in [1.54, 1.807) is 0 Å². The van der Waals surface area contributed by atoms with E-state index in [9.17, 15) is 0 Å². The Hall–Kier alpha value is -2.21. The molecule has 5 nitrogen and oxygen atoms in total. The van der Waals surface area contributed by atoms with E-state index in [4.69, 9.17) is 14.2 Å². The van der Waals surface area contributed by atoms with Gasteiger partial charge in [0.25, 0.3) is 0 Å². The zero-order chi connectivity index (χ0) is 14.2. The molecule has 0 saturated heterocycles. The Kier molecular flexibility index (Phi) is 2.96. The average molecular weight is 347 g/mol. The van der Waals surface area contributed by atoms with Crippen LogP contribution in [0.3, 0.4) is 0 Å². The first kappa shape index (κ1) is 12.5. The monoisotopic (exact) mass is 346 g/mol. The van der Waals surface area contributed by atoms with Crippen LogP contribution in [0, 0.1) is 0 Å². The third kappa shape index (κ3) is 2.12. The van der Waals surface area contributed by atoms with Crippen molar-refractivity contribution in [2.24, 2.45) is 0 Å². The van der Waals surface area contributed by atoms with Crippen LogP contribution in [0.5, 0.6) is 23.1 Å². The van der Waals surface area contributed by atoms with Gasteiger partial charge in [0.1, 0.15) is 11.4 Å². The number of rotatable bonds is 3. The van der Waals surface area contributed by atoms with Gasteiger partial charge in [-0.05, 0) is 24.3 Å². The topological polar surface area (TPSA) is 45.0 Å². The minimum Gasteiger partial charge on any atom is -0.454 e. The van der Waals surface area contributed by atoms with Gasteiger partial charge in [-0.15, -0.1) is 0 Å². The van der Waals surface area contributed by atoms with Crippen LogP contribution in [0.25, 0.3) is 5.65 Å². The average Bonchev–Trinajstić information content (AvgIpc) is 3.10. The summed E-state index contributed by atoms with van der Waals surface area (Å²) in [5, 5.41) is 0.651. The van der Waals surface area contributed by atoms with Crippen LogP contribution >= 0.6 is 15.9 Å². The highest BCUT2D eigenvalue weighted by Gasteiger charge is 2.17. The van der Waals surface area contributed by atoms with Crippen LogP contribution in [0.4, 0.5) is 0 Å². The Morgan fingerprint density at radius 1 is 1.19 bits per heavy atom. The molecular weight excluding hydrogens is 336 g/mol. The molecule has 106 valence electrons. The van der Waals surface area contributed by atoms with Gasteiger partial charge in [-0.3, -0.25) is 4.40 Å². The quantitative estimate of drug-likeness (QED) is 0.677. The van der Waals surface area contributed by atoms with Gasteiger partial charge in [0.2, 0.25) is 12.7 Å². The largest absolute Gasteiger partial charge is 0.454 e. The van der Waals surface area contributed by atoms with Crippen molar-refractivity contribution < 1.29 is 14.2 Å². The minimum absolute atomic E-state index is 0.250. The molecular formula is C15H11BrN2O3. The second-order valence-corrected chi connectivity index (χ2v) is 5.10. The van der Waals surface area contributed by atoms with Crippen LogP contribution in [0.15, 0.2) is 42.6 Å². The SMILES string of the molecule is BrCc1c(Oc2ccc3c(c2)OCO3)nc2ccccn12. The first-order valence-electron chi connectivity index (χ1n) is 6.44. The Morgan fingerprint density at radius 2 is 2.10 bits per heavy atom. The molecule has 0 radical (unpaired) electrons. The maximum atomic E-state index is 5.91. The number of halogens is 1. The molecule has 0 amide bonds. The van der Waals surface area contributed by atoms with Gasteiger partial charge < -0.3 is 14.2 Å². The van der Waals surface area contributed by atoms with Crippen molar-refractivity contribution in [2.45, 2.75) is 5.33 Å². The lowest BCUT2D eigenvalue weighted by Crippen LogP contribution is -1.93. The van der Waals surface area contributed by atoms with Crippen molar-refractivity contribution in [1.29, 1.82) is 0 Å². The van der Waals surface area contributed by atoms with E-state index < -0.39 is 0 Å². The normalized spacial score (nSPS) is 12.8. The molecule has 21 heavy (non-hydrogen) atoms. The molecule has 0 bridgehead atoms. The number of hydrogen-bond acceptors (Lipinski definition) is 4. The Bertz CT molecular complexity index is 816. The number of hydrogen-bond donors (Lipinski definition) is 0. The summed E-state index contributed by atoms with van der Waals surface area (Å²) in [6.45, 7) is 0.250. The molecule has 0 N–H and O–H groups in total. The second kappa shape index (κ2) is 4.96. The smallest absolute Gasteiger partial charge is 0.242 e. The first-order valence-corrected chi connectivity index (χ1v) is 7.57. The van der Waals surface area contributed by atoms with Gasteiger partial charge in [0, 0.05) is 17.6 Å². The molecule has 3 heterocycles. The van der Waals surface area contributed by atoms with E-state index in [1.165, 1.54) is 0 Å². The fourth-order valence-electron chi connectivity index (χ4n) is 2.28. The number of alkyl halides is 1. The zero-order valence-electron chi connectivity index (χ0n) is 11.0. The Labute approximate surface area is 129 Å². The molecule has 3 aromatic rings. The van der Waals surface area contributed by atoms with Crippen LogP contribution in [0.2, 0.25) is 0 Å². The summed E-state index contributed by atoms with van der Waals surface area (Å²) in [7, 11) is 0. The summed E-state index contributed by atoms with van der Waals surface area (Å²) < 4.78 is 18.6. The molecule has 0 saturated carbocycles. The molecule has 0 fully saturated rings. The van der Waals surface area contributed by atoms with E-state index in [-0.39, 0.29) is 6.79 Å². The van der Waals surface area contributed by atoms with E-state index >= 15 is 0 Å². The van der Waals surface area contributed by atoms with Crippen molar-refractivity contribution in [3.8, 4) is 23.1 Å². The molecule has 0 unspecified atom stereocenters. The van der Waals surface area contributed by atoms with Gasteiger partial charge in [0.15, 0.2) is 11.5 Å². The standard InChI is InChI=1S/C15H11BrN2O3/c16-8-11-15(17-14-3-1-2-6-18(11)14)21-10-4-5-12-13(7-10)20-9-19-12/h1-7H,8-9H2. The lowest BCUT2D eigenvalue weighted by atomic mass is 10.3. The lowest BCUT2D eigenvalue weighted by molar-refractivity contribution is 0.174. The van der Waals surface area contributed by atoms with Crippen molar-refractivity contribution >= 4 is 21.6 Å². The fraction of sp³-hybridized carbons (Fsp3) is 0.133. The second-order valence-electron chi connectivity index (χ2n) is 4.54. The highest BCUT2D eigenvalue weighted by Crippen LogP contribution is 2.37. The number of ether oxygens (including phenoxy) is 3. The number of imidazole rings is 1. The predicted octanol–water partition coefficient (Wildman–Crippen LogP) is 3.75.